The van der Waals surface area contributed by atoms with Crippen molar-refractivity contribution in [1.29, 1.82) is 0 Å². The molecular weight excluding hydrogens is 352 g/mol. The first-order valence-electron chi connectivity index (χ1n) is 8.55. The Morgan fingerprint density at radius 1 is 1.15 bits per heavy atom. The van der Waals surface area contributed by atoms with Crippen molar-refractivity contribution in [3.63, 3.8) is 0 Å². The van der Waals surface area contributed by atoms with Gasteiger partial charge in [0, 0.05) is 11.6 Å². The van der Waals surface area contributed by atoms with Crippen LogP contribution in [0.4, 0.5) is 0 Å². The van der Waals surface area contributed by atoms with Gasteiger partial charge in [-0.05, 0) is 30.5 Å². The molecule has 9 heteroatoms. The molecule has 0 unspecified atom stereocenters. The first-order valence-corrected chi connectivity index (χ1v) is 8.55. The standard InChI is InChI=1S/C18H18N4O5/c1-10(2)5-12-7-15(26-21-12)17(23)19-8-16-20-18(27-22-16)11-3-4-13-14(6-11)25-9-24-13/h3-4,6-7,10H,5,8-9H2,1-2H3,(H,19,23). The number of carbonyl (C=O) groups excluding carboxylic acids is 1. The molecule has 0 fully saturated rings. The molecule has 0 radical (unpaired) electrons. The molecular formula is C18H18N4O5. The second-order valence-corrected chi connectivity index (χ2v) is 6.55. The van der Waals surface area contributed by atoms with Crippen LogP contribution in [0.25, 0.3) is 11.5 Å². The monoisotopic (exact) mass is 370 g/mol. The number of aromatic nitrogens is 3. The molecule has 0 aliphatic carbocycles. The molecule has 1 aliphatic heterocycles. The summed E-state index contributed by atoms with van der Waals surface area (Å²) < 4.78 is 20.9. The van der Waals surface area contributed by atoms with Crippen LogP contribution in [-0.2, 0) is 13.0 Å². The van der Waals surface area contributed by atoms with Gasteiger partial charge in [0.25, 0.3) is 11.8 Å². The predicted octanol–water partition coefficient (Wildman–Crippen LogP) is 2.58. The third-order valence-corrected chi connectivity index (χ3v) is 3.89. The van der Waals surface area contributed by atoms with Crippen LogP contribution in [-0.4, -0.2) is 28.0 Å². The number of nitrogens with zero attached hydrogens (tertiary/aromatic N) is 3. The summed E-state index contributed by atoms with van der Waals surface area (Å²) in [6.07, 6.45) is 0.751. The zero-order valence-corrected chi connectivity index (χ0v) is 14.9. The third-order valence-electron chi connectivity index (χ3n) is 3.89. The Bertz CT molecular complexity index is 962. The maximum atomic E-state index is 12.2. The first-order chi connectivity index (χ1) is 13.1. The van der Waals surface area contributed by atoms with Gasteiger partial charge in [0.2, 0.25) is 12.6 Å². The lowest BCUT2D eigenvalue weighted by Gasteiger charge is -1.98. The van der Waals surface area contributed by atoms with Gasteiger partial charge in [-0.15, -0.1) is 0 Å². The van der Waals surface area contributed by atoms with Crippen molar-refractivity contribution in [3.8, 4) is 23.0 Å². The number of fused-ring (bicyclic) bond motifs is 1. The Morgan fingerprint density at radius 3 is 2.85 bits per heavy atom. The lowest BCUT2D eigenvalue weighted by molar-refractivity contribution is 0.0912. The summed E-state index contributed by atoms with van der Waals surface area (Å²) in [4.78, 5) is 16.4. The molecule has 1 amide bonds. The molecule has 0 bridgehead atoms. The van der Waals surface area contributed by atoms with E-state index in [0.717, 1.165) is 12.1 Å². The van der Waals surface area contributed by atoms with Crippen molar-refractivity contribution in [2.75, 3.05) is 6.79 Å². The van der Waals surface area contributed by atoms with E-state index >= 15 is 0 Å². The summed E-state index contributed by atoms with van der Waals surface area (Å²) in [6.45, 7) is 4.44. The van der Waals surface area contributed by atoms with E-state index in [0.29, 0.717) is 34.7 Å². The maximum absolute atomic E-state index is 12.2. The molecule has 1 aromatic carbocycles. The van der Waals surface area contributed by atoms with Crippen LogP contribution in [0.15, 0.2) is 33.3 Å². The number of rotatable bonds is 6. The fourth-order valence-corrected chi connectivity index (χ4v) is 2.65. The maximum Gasteiger partial charge on any atom is 0.290 e. The highest BCUT2D eigenvalue weighted by molar-refractivity contribution is 5.91. The van der Waals surface area contributed by atoms with Crippen molar-refractivity contribution < 1.29 is 23.3 Å². The van der Waals surface area contributed by atoms with E-state index in [1.807, 2.05) is 0 Å². The quantitative estimate of drug-likeness (QED) is 0.704. The Kier molecular flexibility index (Phi) is 4.49. The molecule has 3 heterocycles. The van der Waals surface area contributed by atoms with Crippen LogP contribution in [0, 0.1) is 5.92 Å². The van der Waals surface area contributed by atoms with Crippen LogP contribution >= 0.6 is 0 Å². The largest absolute Gasteiger partial charge is 0.454 e. The van der Waals surface area contributed by atoms with Crippen LogP contribution in [0.1, 0.15) is 35.9 Å². The van der Waals surface area contributed by atoms with Gasteiger partial charge >= 0.3 is 0 Å². The summed E-state index contributed by atoms with van der Waals surface area (Å²) in [5.41, 5.74) is 1.46. The normalized spacial score (nSPS) is 12.6. The zero-order chi connectivity index (χ0) is 18.8. The van der Waals surface area contributed by atoms with E-state index in [-0.39, 0.29) is 25.0 Å². The number of ether oxygens (including phenoxy) is 2. The lowest BCUT2D eigenvalue weighted by Crippen LogP contribution is -2.22. The van der Waals surface area contributed by atoms with Gasteiger partial charge in [0.15, 0.2) is 17.3 Å². The van der Waals surface area contributed by atoms with E-state index in [9.17, 15) is 4.79 Å². The molecule has 9 nitrogen and oxygen atoms in total. The molecule has 0 saturated carbocycles. The van der Waals surface area contributed by atoms with E-state index in [4.69, 9.17) is 18.5 Å². The highest BCUT2D eigenvalue weighted by Gasteiger charge is 2.18. The second kappa shape index (κ2) is 7.10. The number of hydrogen-bond acceptors (Lipinski definition) is 8. The number of amides is 1. The van der Waals surface area contributed by atoms with Gasteiger partial charge in [-0.2, -0.15) is 4.98 Å². The summed E-state index contributed by atoms with van der Waals surface area (Å²) in [5, 5.41) is 10.5. The third kappa shape index (κ3) is 3.76. The summed E-state index contributed by atoms with van der Waals surface area (Å²) in [7, 11) is 0. The van der Waals surface area contributed by atoms with Crippen molar-refractivity contribution in [2.24, 2.45) is 5.92 Å². The molecule has 1 N–H and O–H groups in total. The average molecular weight is 370 g/mol. The van der Waals surface area contributed by atoms with Crippen molar-refractivity contribution >= 4 is 5.91 Å². The minimum Gasteiger partial charge on any atom is -0.454 e. The van der Waals surface area contributed by atoms with E-state index in [1.54, 1.807) is 24.3 Å². The lowest BCUT2D eigenvalue weighted by atomic mass is 10.1. The molecule has 0 atom stereocenters. The molecule has 0 spiro atoms. The van der Waals surface area contributed by atoms with Gasteiger partial charge < -0.3 is 23.8 Å². The number of benzene rings is 1. The summed E-state index contributed by atoms with van der Waals surface area (Å²) in [5.74, 6) is 2.18. The fourth-order valence-electron chi connectivity index (χ4n) is 2.65. The smallest absolute Gasteiger partial charge is 0.290 e. The van der Waals surface area contributed by atoms with Crippen LogP contribution in [0.3, 0.4) is 0 Å². The van der Waals surface area contributed by atoms with Gasteiger partial charge in [0.05, 0.1) is 12.2 Å². The van der Waals surface area contributed by atoms with Crippen molar-refractivity contribution in [3.05, 3.63) is 41.5 Å². The highest BCUT2D eigenvalue weighted by atomic mass is 16.7. The minimum atomic E-state index is -0.382. The summed E-state index contributed by atoms with van der Waals surface area (Å²) >= 11 is 0. The Labute approximate surface area is 154 Å². The second-order valence-electron chi connectivity index (χ2n) is 6.55. The van der Waals surface area contributed by atoms with Gasteiger partial charge in [-0.25, -0.2) is 0 Å². The van der Waals surface area contributed by atoms with Gasteiger partial charge in [0.1, 0.15) is 0 Å². The van der Waals surface area contributed by atoms with Crippen molar-refractivity contribution in [2.45, 2.75) is 26.8 Å². The number of nitrogens with one attached hydrogen (secondary N) is 1. The highest BCUT2D eigenvalue weighted by Crippen LogP contribution is 2.35. The van der Waals surface area contributed by atoms with Crippen LogP contribution < -0.4 is 14.8 Å². The minimum absolute atomic E-state index is 0.104. The topological polar surface area (TPSA) is 113 Å². The molecule has 2 aromatic heterocycles. The van der Waals surface area contributed by atoms with Crippen LogP contribution in [0.5, 0.6) is 11.5 Å². The molecule has 4 rings (SSSR count). The van der Waals surface area contributed by atoms with Gasteiger partial charge in [-0.3, -0.25) is 4.79 Å². The zero-order valence-electron chi connectivity index (χ0n) is 14.9. The molecule has 140 valence electrons. The Morgan fingerprint density at radius 2 is 2.00 bits per heavy atom. The Balaban J connectivity index is 1.38. The first kappa shape index (κ1) is 17.1. The van der Waals surface area contributed by atoms with Crippen LogP contribution in [0.2, 0.25) is 0 Å². The molecule has 3 aromatic rings. The molecule has 1 aliphatic rings. The SMILES string of the molecule is CC(C)Cc1cc(C(=O)NCc2noc(-c3ccc4c(c3)OCO4)n2)on1. The Hall–Kier alpha value is -3.36. The van der Waals surface area contributed by atoms with E-state index in [2.05, 4.69) is 34.5 Å². The molecule has 0 saturated heterocycles. The number of hydrogen-bond donors (Lipinski definition) is 1. The predicted molar refractivity (Wildman–Crippen MR) is 92.1 cm³/mol. The van der Waals surface area contributed by atoms with Gasteiger partial charge in [-0.1, -0.05) is 24.2 Å². The summed E-state index contributed by atoms with van der Waals surface area (Å²) in [6, 6.07) is 6.99. The van der Waals surface area contributed by atoms with Crippen molar-refractivity contribution in [1.82, 2.24) is 20.6 Å². The average Bonchev–Trinajstić information content (AvgIpc) is 3.38. The van der Waals surface area contributed by atoms with E-state index < -0.39 is 0 Å². The van der Waals surface area contributed by atoms with E-state index in [1.165, 1.54) is 0 Å². The number of carbonyl (C=O) groups is 1. The fraction of sp³-hybridized carbons (Fsp3) is 0.333. The molecule has 27 heavy (non-hydrogen) atoms.